The molecule has 10 nitrogen and oxygen atoms in total. The quantitative estimate of drug-likeness (QED) is 0.0996. The average Bonchev–Trinajstić information content (AvgIpc) is 3.79. The van der Waals surface area contributed by atoms with E-state index >= 15 is 0 Å². The van der Waals surface area contributed by atoms with Crippen molar-refractivity contribution in [3.63, 3.8) is 0 Å². The third-order valence-corrected chi connectivity index (χ3v) is 10.2. The highest BCUT2D eigenvalue weighted by atomic mass is 35.5. The molecule has 2 aliphatic rings. The van der Waals surface area contributed by atoms with Gasteiger partial charge in [0.25, 0.3) is 0 Å². The minimum Gasteiger partial charge on any atom is -0.459 e. The second kappa shape index (κ2) is 17.1. The summed E-state index contributed by atoms with van der Waals surface area (Å²) < 4.78 is 10.5. The predicted molar refractivity (Wildman–Crippen MR) is 219 cm³/mol. The van der Waals surface area contributed by atoms with E-state index in [-0.39, 0.29) is 12.1 Å². The minimum atomic E-state index is -0.456. The molecule has 2 aromatic heterocycles. The Kier molecular flexibility index (Phi) is 12.1. The van der Waals surface area contributed by atoms with Crippen LogP contribution in [0.1, 0.15) is 58.3 Å². The van der Waals surface area contributed by atoms with Crippen molar-refractivity contribution in [1.82, 2.24) is 19.8 Å². The number of esters is 1. The molecule has 3 atom stereocenters. The molecule has 280 valence electrons. The summed E-state index contributed by atoms with van der Waals surface area (Å²) in [5.41, 5.74) is 9.61. The number of hydrogen-bond acceptors (Lipinski definition) is 7. The van der Waals surface area contributed by atoms with Crippen molar-refractivity contribution in [3.05, 3.63) is 128 Å². The Balaban J connectivity index is 0.000000145. The first kappa shape index (κ1) is 38.3. The standard InChI is InChI=1S/C19H23N3.C17H20N2O2.C7H4ClNO2/c1-14-6-8-18(16(3)10-14)20-12-22(5)13-21-19-9-7-15(2)11-17(19)4;1-19-11-6-7-12(19)9-13(8-11)21-17(20)15-10-18-16-5-3-2-4-14(15)16;8-4-1-2-6-5(3-4)9-7(10)11-6/h6-13H,1-5H3;2-5,10-13,18H,6-9H2,1H3;1-3H,(H,9,10)/t;11-,12+,13?;. The van der Waals surface area contributed by atoms with Crippen LogP contribution in [0, 0.1) is 27.7 Å². The SMILES string of the molecule is CN1[C@@H]2CC[C@H]1CC(OC(=O)c1c[nH]c3ccccc13)C2.Cc1ccc(N=CN(C)C=Nc2ccc(C)cc2C)c(C)c1.O=c1[nH]c2cc(Cl)ccc2o1. The van der Waals surface area contributed by atoms with Gasteiger partial charge in [-0.2, -0.15) is 0 Å². The van der Waals surface area contributed by atoms with Gasteiger partial charge in [-0.25, -0.2) is 19.6 Å². The maximum Gasteiger partial charge on any atom is 0.417 e. The molecule has 0 amide bonds. The first-order valence-electron chi connectivity index (χ1n) is 18.2. The van der Waals surface area contributed by atoms with Crippen molar-refractivity contribution in [3.8, 4) is 0 Å². The number of hydrogen-bond donors (Lipinski definition) is 2. The zero-order valence-electron chi connectivity index (χ0n) is 31.6. The van der Waals surface area contributed by atoms with Crippen LogP contribution in [0.2, 0.25) is 5.02 Å². The zero-order chi connectivity index (χ0) is 38.4. The van der Waals surface area contributed by atoms with E-state index in [4.69, 9.17) is 20.8 Å². The smallest absolute Gasteiger partial charge is 0.417 e. The van der Waals surface area contributed by atoms with Gasteiger partial charge in [-0.15, -0.1) is 0 Å². The van der Waals surface area contributed by atoms with Gasteiger partial charge in [0.15, 0.2) is 5.58 Å². The molecule has 4 aromatic carbocycles. The number of aromatic nitrogens is 2. The van der Waals surface area contributed by atoms with Crippen molar-refractivity contribution < 1.29 is 13.9 Å². The summed E-state index contributed by atoms with van der Waals surface area (Å²) in [5.74, 6) is -0.649. The number of para-hydroxylation sites is 1. The number of carbonyl (C=O) groups excluding carboxylic acids is 1. The van der Waals surface area contributed by atoms with E-state index in [1.54, 1.807) is 37.1 Å². The lowest BCUT2D eigenvalue weighted by molar-refractivity contribution is -0.000264. The lowest BCUT2D eigenvalue weighted by Crippen LogP contribution is -2.43. The third kappa shape index (κ3) is 9.55. The van der Waals surface area contributed by atoms with E-state index in [1.807, 2.05) is 48.3 Å². The van der Waals surface area contributed by atoms with E-state index in [2.05, 4.69) is 83.9 Å². The summed E-state index contributed by atoms with van der Waals surface area (Å²) in [6.07, 6.45) is 9.82. The lowest BCUT2D eigenvalue weighted by atomic mass is 10.0. The van der Waals surface area contributed by atoms with Crippen molar-refractivity contribution >= 4 is 63.6 Å². The molecule has 0 saturated carbocycles. The molecule has 54 heavy (non-hydrogen) atoms. The molecule has 0 spiro atoms. The predicted octanol–water partition coefficient (Wildman–Crippen LogP) is 9.60. The fraction of sp³-hybridized carbons (Fsp3) is 0.302. The van der Waals surface area contributed by atoms with E-state index in [0.717, 1.165) is 35.1 Å². The maximum absolute atomic E-state index is 12.4. The van der Waals surface area contributed by atoms with Gasteiger partial charge in [0.2, 0.25) is 0 Å². The number of H-pyrrole nitrogens is 2. The van der Waals surface area contributed by atoms with Crippen molar-refractivity contribution in [2.24, 2.45) is 9.98 Å². The van der Waals surface area contributed by atoms with Gasteiger partial charge < -0.3 is 23.9 Å². The van der Waals surface area contributed by atoms with Crippen LogP contribution in [0.25, 0.3) is 22.0 Å². The highest BCUT2D eigenvalue weighted by Gasteiger charge is 2.40. The minimum absolute atomic E-state index is 0.0693. The number of rotatable bonds is 6. The number of fused-ring (bicyclic) bond motifs is 4. The summed E-state index contributed by atoms with van der Waals surface area (Å²) >= 11 is 5.66. The van der Waals surface area contributed by atoms with Crippen LogP contribution in [0.3, 0.4) is 0 Å². The molecule has 2 bridgehead atoms. The molecule has 0 radical (unpaired) electrons. The average molecular weight is 747 g/mol. The molecule has 1 unspecified atom stereocenters. The van der Waals surface area contributed by atoms with Crippen LogP contribution >= 0.6 is 11.6 Å². The van der Waals surface area contributed by atoms with E-state index < -0.39 is 5.76 Å². The number of aromatic amines is 2. The number of piperidine rings is 1. The number of halogens is 1. The van der Waals surface area contributed by atoms with Gasteiger partial charge >= 0.3 is 11.7 Å². The molecule has 2 aliphatic heterocycles. The lowest BCUT2D eigenvalue weighted by Gasteiger charge is -2.35. The van der Waals surface area contributed by atoms with Gasteiger partial charge in [-0.05, 0) is 95.1 Å². The number of nitrogens with zero attached hydrogens (tertiary/aromatic N) is 4. The van der Waals surface area contributed by atoms with Crippen molar-refractivity contribution in [2.75, 3.05) is 14.1 Å². The van der Waals surface area contributed by atoms with Crippen molar-refractivity contribution in [1.29, 1.82) is 0 Å². The topological polar surface area (TPSA) is 119 Å². The fourth-order valence-corrected chi connectivity index (χ4v) is 7.25. The Labute approximate surface area is 320 Å². The Morgan fingerprint density at radius 2 is 1.48 bits per heavy atom. The number of ether oxygens (including phenoxy) is 1. The molecule has 4 heterocycles. The highest BCUT2D eigenvalue weighted by Crippen LogP contribution is 2.36. The Bertz CT molecular complexity index is 2280. The Morgan fingerprint density at radius 1 is 0.870 bits per heavy atom. The largest absolute Gasteiger partial charge is 0.459 e. The molecule has 0 aliphatic carbocycles. The number of nitrogens with one attached hydrogen (secondary N) is 2. The van der Waals surface area contributed by atoms with Gasteiger partial charge in [-0.3, -0.25) is 4.98 Å². The summed E-state index contributed by atoms with van der Waals surface area (Å²) in [4.78, 5) is 42.0. The summed E-state index contributed by atoms with van der Waals surface area (Å²) in [5, 5.41) is 1.52. The van der Waals surface area contributed by atoms with E-state index in [9.17, 15) is 9.59 Å². The second-order valence-corrected chi connectivity index (χ2v) is 14.6. The van der Waals surface area contributed by atoms with E-state index in [1.165, 1.54) is 35.1 Å². The number of benzene rings is 4. The van der Waals surface area contributed by atoms with Crippen LogP contribution in [0.5, 0.6) is 0 Å². The van der Waals surface area contributed by atoms with Crippen LogP contribution in [-0.4, -0.2) is 70.7 Å². The summed E-state index contributed by atoms with van der Waals surface area (Å²) in [7, 11) is 4.13. The zero-order valence-corrected chi connectivity index (χ0v) is 32.4. The van der Waals surface area contributed by atoms with Gasteiger partial charge in [0.05, 0.1) is 35.1 Å². The van der Waals surface area contributed by atoms with Gasteiger partial charge in [0, 0.05) is 54.1 Å². The summed E-state index contributed by atoms with van der Waals surface area (Å²) in [6, 6.07) is 26.5. The number of carbonyl (C=O) groups is 1. The number of oxazole rings is 1. The van der Waals surface area contributed by atoms with E-state index in [0.29, 0.717) is 33.8 Å². The van der Waals surface area contributed by atoms with Crippen LogP contribution in [0.15, 0.2) is 104 Å². The Morgan fingerprint density at radius 3 is 2.09 bits per heavy atom. The molecule has 2 N–H and O–H groups in total. The molecule has 6 aromatic rings. The monoisotopic (exact) mass is 746 g/mol. The normalized spacial score (nSPS) is 18.1. The molecular weight excluding hydrogens is 700 g/mol. The third-order valence-electron chi connectivity index (χ3n) is 9.98. The molecule has 2 fully saturated rings. The van der Waals surface area contributed by atoms with Crippen LogP contribution in [-0.2, 0) is 4.74 Å². The fourth-order valence-electron chi connectivity index (χ4n) is 7.07. The van der Waals surface area contributed by atoms with Crippen molar-refractivity contribution in [2.45, 2.75) is 71.6 Å². The first-order valence-corrected chi connectivity index (χ1v) is 18.5. The molecular formula is C43H47ClN6O4. The first-order chi connectivity index (χ1) is 25.9. The highest BCUT2D eigenvalue weighted by molar-refractivity contribution is 6.31. The molecule has 2 saturated heterocycles. The Hall–Kier alpha value is -5.45. The molecule has 11 heteroatoms. The van der Waals surface area contributed by atoms with Gasteiger partial charge in [0.1, 0.15) is 6.10 Å². The molecule has 8 rings (SSSR count). The van der Waals surface area contributed by atoms with Gasteiger partial charge in [-0.1, -0.05) is 65.2 Å². The van der Waals surface area contributed by atoms with Crippen LogP contribution < -0.4 is 5.76 Å². The maximum atomic E-state index is 12.4. The second-order valence-electron chi connectivity index (χ2n) is 14.2. The number of aliphatic imine (C=N–C) groups is 2. The summed E-state index contributed by atoms with van der Waals surface area (Å²) in [6.45, 7) is 8.32. The van der Waals surface area contributed by atoms with Crippen LogP contribution in [0.4, 0.5) is 11.4 Å². The number of aryl methyl sites for hydroxylation is 4.